The lowest BCUT2D eigenvalue weighted by Gasteiger charge is -2.16. The van der Waals surface area contributed by atoms with E-state index in [4.69, 9.17) is 44.3 Å². The van der Waals surface area contributed by atoms with E-state index in [1.807, 2.05) is 25.1 Å². The average Bonchev–Trinajstić information content (AvgIpc) is 2.74. The fraction of sp³-hybridized carbons (Fsp3) is 0.250. The van der Waals surface area contributed by atoms with Crippen molar-refractivity contribution in [2.45, 2.75) is 26.5 Å². The van der Waals surface area contributed by atoms with Crippen LogP contribution in [0.4, 0.5) is 0 Å². The minimum absolute atomic E-state index is 0.293. The number of hydrogen-bond acceptors (Lipinski definition) is 3. The lowest BCUT2D eigenvalue weighted by atomic mass is 10.1. The molecule has 0 heterocycles. The SMILES string of the molecule is CCOc1cc(CNCCc2ccccc2)c(Cl)cc1OCc1ccc(Cl)cc1Cl. The molecular formula is C24H24Cl3NO2. The lowest BCUT2D eigenvalue weighted by Crippen LogP contribution is -2.17. The van der Waals surface area contributed by atoms with Crippen molar-refractivity contribution in [1.82, 2.24) is 5.32 Å². The smallest absolute Gasteiger partial charge is 0.163 e. The van der Waals surface area contributed by atoms with Crippen molar-refractivity contribution in [3.63, 3.8) is 0 Å². The first-order chi connectivity index (χ1) is 14.6. The molecule has 0 atom stereocenters. The van der Waals surface area contributed by atoms with Crippen LogP contribution >= 0.6 is 34.8 Å². The van der Waals surface area contributed by atoms with Gasteiger partial charge in [-0.15, -0.1) is 0 Å². The molecule has 0 aromatic heterocycles. The van der Waals surface area contributed by atoms with Crippen LogP contribution in [0.15, 0.2) is 60.7 Å². The van der Waals surface area contributed by atoms with Crippen LogP contribution in [-0.2, 0) is 19.6 Å². The van der Waals surface area contributed by atoms with Crippen molar-refractivity contribution in [2.24, 2.45) is 0 Å². The van der Waals surface area contributed by atoms with Crippen molar-refractivity contribution in [3.05, 3.63) is 92.4 Å². The van der Waals surface area contributed by atoms with Crippen molar-refractivity contribution < 1.29 is 9.47 Å². The first-order valence-corrected chi connectivity index (χ1v) is 11.0. The minimum Gasteiger partial charge on any atom is -0.490 e. The van der Waals surface area contributed by atoms with Gasteiger partial charge < -0.3 is 14.8 Å². The van der Waals surface area contributed by atoms with E-state index in [9.17, 15) is 0 Å². The first kappa shape index (κ1) is 22.8. The van der Waals surface area contributed by atoms with Crippen LogP contribution in [0.2, 0.25) is 15.1 Å². The minimum atomic E-state index is 0.293. The number of nitrogens with one attached hydrogen (secondary N) is 1. The van der Waals surface area contributed by atoms with Gasteiger partial charge in [-0.25, -0.2) is 0 Å². The molecule has 3 nitrogen and oxygen atoms in total. The Morgan fingerprint density at radius 3 is 2.27 bits per heavy atom. The largest absolute Gasteiger partial charge is 0.490 e. The van der Waals surface area contributed by atoms with Gasteiger partial charge in [0, 0.05) is 33.2 Å². The number of benzene rings is 3. The van der Waals surface area contributed by atoms with Crippen molar-refractivity contribution in [3.8, 4) is 11.5 Å². The van der Waals surface area contributed by atoms with Gasteiger partial charge in [0.15, 0.2) is 11.5 Å². The summed E-state index contributed by atoms with van der Waals surface area (Å²) in [6, 6.07) is 19.4. The fourth-order valence-corrected chi connectivity index (χ4v) is 3.67. The molecule has 0 aliphatic carbocycles. The van der Waals surface area contributed by atoms with E-state index in [1.54, 1.807) is 18.2 Å². The molecule has 0 radical (unpaired) electrons. The van der Waals surface area contributed by atoms with Crippen molar-refractivity contribution in [1.29, 1.82) is 0 Å². The fourth-order valence-electron chi connectivity index (χ4n) is 2.99. The standard InChI is InChI=1S/C24H24Cl3NO2/c1-2-29-23-12-19(15-28-11-10-17-6-4-3-5-7-17)22(27)14-24(23)30-16-18-8-9-20(25)13-21(18)26/h3-9,12-14,28H,2,10-11,15-16H2,1H3. The molecule has 0 saturated heterocycles. The second kappa shape index (κ2) is 11.5. The molecule has 0 spiro atoms. The summed E-state index contributed by atoms with van der Waals surface area (Å²) in [6.45, 7) is 4.26. The molecule has 3 rings (SSSR count). The zero-order valence-corrected chi connectivity index (χ0v) is 19.0. The molecule has 158 valence electrons. The third kappa shape index (κ3) is 6.55. The highest BCUT2D eigenvalue weighted by molar-refractivity contribution is 6.35. The molecule has 0 saturated carbocycles. The predicted molar refractivity (Wildman–Crippen MR) is 125 cm³/mol. The second-order valence-electron chi connectivity index (χ2n) is 6.76. The summed E-state index contributed by atoms with van der Waals surface area (Å²) in [5.74, 6) is 1.24. The second-order valence-corrected chi connectivity index (χ2v) is 8.01. The Balaban J connectivity index is 1.64. The average molecular weight is 465 g/mol. The highest BCUT2D eigenvalue weighted by Crippen LogP contribution is 2.35. The molecule has 0 amide bonds. The molecule has 0 aliphatic heterocycles. The van der Waals surface area contributed by atoms with E-state index < -0.39 is 0 Å². The topological polar surface area (TPSA) is 30.5 Å². The number of rotatable bonds is 10. The Labute approximate surface area is 192 Å². The van der Waals surface area contributed by atoms with Crippen LogP contribution < -0.4 is 14.8 Å². The first-order valence-electron chi connectivity index (χ1n) is 9.83. The Morgan fingerprint density at radius 1 is 0.800 bits per heavy atom. The van der Waals surface area contributed by atoms with Gasteiger partial charge in [0.25, 0.3) is 0 Å². The van der Waals surface area contributed by atoms with Gasteiger partial charge >= 0.3 is 0 Å². The van der Waals surface area contributed by atoms with Crippen LogP contribution in [0.25, 0.3) is 0 Å². The van der Waals surface area contributed by atoms with Crippen LogP contribution in [0.1, 0.15) is 23.6 Å². The zero-order valence-electron chi connectivity index (χ0n) is 16.8. The van der Waals surface area contributed by atoms with E-state index >= 15 is 0 Å². The number of halogens is 3. The Kier molecular flexibility index (Phi) is 8.71. The molecule has 0 bridgehead atoms. The highest BCUT2D eigenvalue weighted by Gasteiger charge is 2.12. The Bertz CT molecular complexity index is 964. The summed E-state index contributed by atoms with van der Waals surface area (Å²) >= 11 is 18.7. The summed E-state index contributed by atoms with van der Waals surface area (Å²) in [6.07, 6.45) is 0.958. The summed E-state index contributed by atoms with van der Waals surface area (Å²) in [4.78, 5) is 0. The van der Waals surface area contributed by atoms with Gasteiger partial charge in [-0.2, -0.15) is 0 Å². The van der Waals surface area contributed by atoms with E-state index in [0.717, 1.165) is 24.1 Å². The van der Waals surface area contributed by atoms with E-state index in [1.165, 1.54) is 5.56 Å². The summed E-state index contributed by atoms with van der Waals surface area (Å²) in [7, 11) is 0. The third-order valence-electron chi connectivity index (χ3n) is 4.56. The number of hydrogen-bond donors (Lipinski definition) is 1. The molecule has 0 unspecified atom stereocenters. The molecule has 3 aromatic rings. The summed E-state index contributed by atoms with van der Waals surface area (Å²) in [5.41, 5.74) is 3.10. The molecule has 0 fully saturated rings. The Morgan fingerprint density at radius 2 is 1.53 bits per heavy atom. The third-order valence-corrected chi connectivity index (χ3v) is 5.50. The van der Waals surface area contributed by atoms with E-state index in [0.29, 0.717) is 46.3 Å². The van der Waals surface area contributed by atoms with Crippen LogP contribution in [0.3, 0.4) is 0 Å². The van der Waals surface area contributed by atoms with Gasteiger partial charge in [-0.1, -0.05) is 71.2 Å². The summed E-state index contributed by atoms with van der Waals surface area (Å²) in [5, 5.41) is 5.22. The van der Waals surface area contributed by atoms with Crippen molar-refractivity contribution in [2.75, 3.05) is 13.2 Å². The zero-order chi connectivity index (χ0) is 21.3. The van der Waals surface area contributed by atoms with Gasteiger partial charge in [0.1, 0.15) is 6.61 Å². The molecule has 3 aromatic carbocycles. The van der Waals surface area contributed by atoms with Gasteiger partial charge in [-0.05, 0) is 49.2 Å². The maximum absolute atomic E-state index is 6.51. The molecule has 1 N–H and O–H groups in total. The van der Waals surface area contributed by atoms with E-state index in [2.05, 4.69) is 29.6 Å². The Hall–Kier alpha value is -1.91. The van der Waals surface area contributed by atoms with Gasteiger partial charge in [0.05, 0.1) is 6.61 Å². The van der Waals surface area contributed by atoms with Crippen LogP contribution in [-0.4, -0.2) is 13.2 Å². The molecule has 6 heteroatoms. The molecular weight excluding hydrogens is 441 g/mol. The number of ether oxygens (including phenoxy) is 2. The van der Waals surface area contributed by atoms with Crippen LogP contribution in [0, 0.1) is 0 Å². The molecule has 30 heavy (non-hydrogen) atoms. The van der Waals surface area contributed by atoms with Gasteiger partial charge in [0.2, 0.25) is 0 Å². The van der Waals surface area contributed by atoms with Gasteiger partial charge in [-0.3, -0.25) is 0 Å². The normalized spacial score (nSPS) is 10.8. The van der Waals surface area contributed by atoms with E-state index in [-0.39, 0.29) is 0 Å². The highest BCUT2D eigenvalue weighted by atomic mass is 35.5. The monoisotopic (exact) mass is 463 g/mol. The van der Waals surface area contributed by atoms with Crippen LogP contribution in [0.5, 0.6) is 11.5 Å². The van der Waals surface area contributed by atoms with Crippen molar-refractivity contribution >= 4 is 34.8 Å². The maximum atomic E-state index is 6.51. The predicted octanol–water partition coefficient (Wildman–Crippen LogP) is 6.96. The maximum Gasteiger partial charge on any atom is 0.163 e. The molecule has 0 aliphatic rings. The lowest BCUT2D eigenvalue weighted by molar-refractivity contribution is 0.269. The summed E-state index contributed by atoms with van der Waals surface area (Å²) < 4.78 is 11.7. The quantitative estimate of drug-likeness (QED) is 0.329.